The van der Waals surface area contributed by atoms with Crippen LogP contribution in [0.25, 0.3) is 0 Å². The van der Waals surface area contributed by atoms with Gasteiger partial charge in [0.05, 0.1) is 12.4 Å². The molecule has 142 valence electrons. The Hall–Kier alpha value is -0.990. The maximum absolute atomic E-state index is 12.5. The van der Waals surface area contributed by atoms with E-state index in [-0.39, 0.29) is 5.75 Å². The molecule has 1 aromatic rings. The molecule has 2 rings (SSSR count). The number of hydrogen-bond acceptors (Lipinski definition) is 5. The second-order valence-electron chi connectivity index (χ2n) is 6.44. The van der Waals surface area contributed by atoms with E-state index in [0.29, 0.717) is 45.3 Å². The van der Waals surface area contributed by atoms with E-state index in [1.54, 1.807) is 4.31 Å². The van der Waals surface area contributed by atoms with Gasteiger partial charge in [-0.1, -0.05) is 37.3 Å². The van der Waals surface area contributed by atoms with Crippen molar-refractivity contribution in [2.75, 3.05) is 45.1 Å². The highest BCUT2D eigenvalue weighted by atomic mass is 32.2. The first-order chi connectivity index (χ1) is 12.1. The van der Waals surface area contributed by atoms with Crippen molar-refractivity contribution in [3.8, 4) is 0 Å². The lowest BCUT2D eigenvalue weighted by Gasteiger charge is -2.38. The molecule has 25 heavy (non-hydrogen) atoms. The van der Waals surface area contributed by atoms with Crippen LogP contribution >= 0.6 is 0 Å². The Morgan fingerprint density at radius 3 is 2.44 bits per heavy atom. The smallest absolute Gasteiger partial charge is 0.214 e. The largest absolute Gasteiger partial charge is 0.377 e. The summed E-state index contributed by atoms with van der Waals surface area (Å²) in [5.41, 5.74) is 6.89. The van der Waals surface area contributed by atoms with Gasteiger partial charge in [-0.15, -0.1) is 0 Å². The molecule has 0 radical (unpaired) electrons. The van der Waals surface area contributed by atoms with Gasteiger partial charge in [-0.25, -0.2) is 8.42 Å². The second kappa shape index (κ2) is 10.2. The zero-order valence-electron chi connectivity index (χ0n) is 15.1. The first-order valence-corrected chi connectivity index (χ1v) is 10.7. The topological polar surface area (TPSA) is 75.9 Å². The van der Waals surface area contributed by atoms with Gasteiger partial charge in [-0.05, 0) is 18.4 Å². The zero-order valence-corrected chi connectivity index (χ0v) is 16.0. The average molecular weight is 370 g/mol. The molecule has 1 aliphatic rings. The molecule has 0 saturated carbocycles. The number of benzene rings is 1. The third-order valence-corrected chi connectivity index (χ3v) is 6.69. The van der Waals surface area contributed by atoms with Gasteiger partial charge < -0.3 is 10.5 Å². The van der Waals surface area contributed by atoms with Crippen molar-refractivity contribution in [1.82, 2.24) is 9.21 Å². The molecule has 1 aliphatic heterocycles. The molecule has 0 aliphatic carbocycles. The van der Waals surface area contributed by atoms with E-state index in [0.717, 1.165) is 25.1 Å². The van der Waals surface area contributed by atoms with Crippen LogP contribution in [0, 0.1) is 0 Å². The molecule has 1 unspecified atom stereocenters. The van der Waals surface area contributed by atoms with Crippen molar-refractivity contribution in [1.29, 1.82) is 0 Å². The van der Waals surface area contributed by atoms with Crippen LogP contribution in [0.15, 0.2) is 30.3 Å². The summed E-state index contributed by atoms with van der Waals surface area (Å²) in [5.74, 6) is 0.149. The minimum absolute atomic E-state index is 0.149. The van der Waals surface area contributed by atoms with Crippen molar-refractivity contribution in [2.45, 2.75) is 32.4 Å². The Kier molecular flexibility index (Phi) is 8.32. The molecule has 0 bridgehead atoms. The Bertz CT molecular complexity index is 583. The monoisotopic (exact) mass is 369 g/mol. The lowest BCUT2D eigenvalue weighted by Crippen LogP contribution is -2.53. The van der Waals surface area contributed by atoms with E-state index in [9.17, 15) is 8.42 Å². The molecule has 7 heteroatoms. The zero-order chi connectivity index (χ0) is 18.1. The predicted octanol–water partition coefficient (Wildman–Crippen LogP) is 1.28. The van der Waals surface area contributed by atoms with Gasteiger partial charge >= 0.3 is 0 Å². The van der Waals surface area contributed by atoms with Gasteiger partial charge in [0.15, 0.2) is 0 Å². The van der Waals surface area contributed by atoms with Crippen LogP contribution < -0.4 is 5.73 Å². The molecular weight excluding hydrogens is 338 g/mol. The lowest BCUT2D eigenvalue weighted by molar-refractivity contribution is 0.120. The van der Waals surface area contributed by atoms with Crippen molar-refractivity contribution in [2.24, 2.45) is 5.73 Å². The van der Waals surface area contributed by atoms with Crippen LogP contribution in [0.1, 0.15) is 25.3 Å². The molecule has 1 saturated heterocycles. The van der Waals surface area contributed by atoms with Crippen molar-refractivity contribution < 1.29 is 13.2 Å². The fourth-order valence-electron chi connectivity index (χ4n) is 3.16. The third-order valence-electron chi connectivity index (χ3n) is 4.73. The molecule has 2 N–H and O–H groups in total. The molecular formula is C18H31N3O3S. The quantitative estimate of drug-likeness (QED) is 0.629. The summed E-state index contributed by atoms with van der Waals surface area (Å²) >= 11 is 0. The maximum atomic E-state index is 12.5. The first kappa shape index (κ1) is 20.3. The van der Waals surface area contributed by atoms with Gasteiger partial charge in [0, 0.05) is 45.4 Å². The molecule has 1 aromatic carbocycles. The summed E-state index contributed by atoms with van der Waals surface area (Å²) in [6, 6.07) is 10.3. The van der Waals surface area contributed by atoms with Crippen molar-refractivity contribution in [3.05, 3.63) is 35.9 Å². The van der Waals surface area contributed by atoms with Gasteiger partial charge in [-0.2, -0.15) is 4.31 Å². The fourth-order valence-corrected chi connectivity index (χ4v) is 4.62. The number of rotatable bonds is 10. The summed E-state index contributed by atoms with van der Waals surface area (Å²) in [7, 11) is -3.20. The minimum Gasteiger partial charge on any atom is -0.377 e. The minimum atomic E-state index is -3.20. The lowest BCUT2D eigenvalue weighted by atomic mass is 10.1. The van der Waals surface area contributed by atoms with Crippen LogP contribution in [0.4, 0.5) is 0 Å². The van der Waals surface area contributed by atoms with Crippen molar-refractivity contribution in [3.63, 3.8) is 0 Å². The second-order valence-corrected chi connectivity index (χ2v) is 8.53. The van der Waals surface area contributed by atoms with E-state index >= 15 is 0 Å². The van der Waals surface area contributed by atoms with E-state index < -0.39 is 10.0 Å². The summed E-state index contributed by atoms with van der Waals surface area (Å²) in [5, 5.41) is 0. The van der Waals surface area contributed by atoms with E-state index in [2.05, 4.69) is 11.8 Å². The van der Waals surface area contributed by atoms with Crippen molar-refractivity contribution >= 4 is 10.0 Å². The maximum Gasteiger partial charge on any atom is 0.214 e. The Balaban J connectivity index is 1.68. The number of ether oxygens (including phenoxy) is 1. The number of nitrogens with two attached hydrogens (primary N) is 1. The van der Waals surface area contributed by atoms with Crippen LogP contribution in [0.5, 0.6) is 0 Å². The highest BCUT2D eigenvalue weighted by molar-refractivity contribution is 7.89. The standard InChI is InChI=1S/C18H31N3O3S/c1-2-18(15-19)20-9-11-21(12-10-20)25(22,23)14-6-13-24-16-17-7-4-3-5-8-17/h3-5,7-8,18H,2,6,9-16,19H2,1H3. The van der Waals surface area contributed by atoms with Gasteiger partial charge in [0.1, 0.15) is 0 Å². The first-order valence-electron chi connectivity index (χ1n) is 9.10. The van der Waals surface area contributed by atoms with E-state index in [1.807, 2.05) is 30.3 Å². The van der Waals surface area contributed by atoms with Crippen LogP contribution in [-0.2, 0) is 21.4 Å². The van der Waals surface area contributed by atoms with Crippen LogP contribution in [-0.4, -0.2) is 68.7 Å². The number of nitrogens with zero attached hydrogens (tertiary/aromatic N) is 2. The highest BCUT2D eigenvalue weighted by Gasteiger charge is 2.28. The van der Waals surface area contributed by atoms with E-state index in [1.165, 1.54) is 0 Å². The summed E-state index contributed by atoms with van der Waals surface area (Å²) in [4.78, 5) is 2.30. The number of piperazine rings is 1. The molecule has 1 atom stereocenters. The Morgan fingerprint density at radius 1 is 1.16 bits per heavy atom. The molecule has 0 aromatic heterocycles. The van der Waals surface area contributed by atoms with Gasteiger partial charge in [0.2, 0.25) is 10.0 Å². The SMILES string of the molecule is CCC(CN)N1CCN(S(=O)(=O)CCCOCc2ccccc2)CC1. The fraction of sp³-hybridized carbons (Fsp3) is 0.667. The molecule has 0 spiro atoms. The van der Waals surface area contributed by atoms with Gasteiger partial charge in [0.25, 0.3) is 0 Å². The molecule has 1 fully saturated rings. The predicted molar refractivity (Wildman–Crippen MR) is 101 cm³/mol. The Morgan fingerprint density at radius 2 is 1.84 bits per heavy atom. The summed E-state index contributed by atoms with van der Waals surface area (Å²) < 4.78 is 32.1. The highest BCUT2D eigenvalue weighted by Crippen LogP contribution is 2.13. The van der Waals surface area contributed by atoms with Gasteiger partial charge in [-0.3, -0.25) is 4.90 Å². The van der Waals surface area contributed by atoms with Crippen LogP contribution in [0.2, 0.25) is 0 Å². The molecule has 6 nitrogen and oxygen atoms in total. The number of hydrogen-bond donors (Lipinski definition) is 1. The summed E-state index contributed by atoms with van der Waals surface area (Å²) in [6.45, 7) is 6.38. The van der Waals surface area contributed by atoms with E-state index in [4.69, 9.17) is 10.5 Å². The molecule has 0 amide bonds. The summed E-state index contributed by atoms with van der Waals surface area (Å²) in [6.07, 6.45) is 1.53. The molecule has 1 heterocycles. The van der Waals surface area contributed by atoms with Crippen LogP contribution in [0.3, 0.4) is 0 Å². The normalized spacial score (nSPS) is 18.3. The average Bonchev–Trinajstić information content (AvgIpc) is 2.64. The third kappa shape index (κ3) is 6.34. The number of sulfonamides is 1. The Labute approximate surface area is 152 Å².